The molecule has 0 heterocycles. The van der Waals surface area contributed by atoms with Crippen molar-refractivity contribution in [3.8, 4) is 0 Å². The smallest absolute Gasteiger partial charge is 0.330 e. The number of hydrogen-bond acceptors (Lipinski definition) is 3. The third kappa shape index (κ3) is 1.97. The summed E-state index contributed by atoms with van der Waals surface area (Å²) in [5.41, 5.74) is -0.712. The fraction of sp³-hybridized carbons (Fsp3) is 0.750. The van der Waals surface area contributed by atoms with Crippen LogP contribution in [0.3, 0.4) is 0 Å². The molecule has 4 heteroatoms. The Morgan fingerprint density at radius 2 is 1.80 bits per heavy atom. The van der Waals surface area contributed by atoms with E-state index in [0.717, 1.165) is 25.7 Å². The number of ether oxygens (including phenoxy) is 1. The van der Waals surface area contributed by atoms with Gasteiger partial charge in [-0.1, -0.05) is 6.58 Å². The van der Waals surface area contributed by atoms with Gasteiger partial charge in [0.2, 0.25) is 5.91 Å². The summed E-state index contributed by atoms with van der Waals surface area (Å²) in [6, 6.07) is 0. The lowest BCUT2D eigenvalue weighted by Crippen LogP contribution is -2.61. The van der Waals surface area contributed by atoms with Crippen LogP contribution in [0.15, 0.2) is 12.7 Å². The second-order valence-electron chi connectivity index (χ2n) is 7.25. The molecule has 0 aliphatic heterocycles. The molecule has 4 saturated carbocycles. The van der Waals surface area contributed by atoms with E-state index in [2.05, 4.69) is 6.58 Å². The van der Waals surface area contributed by atoms with Crippen LogP contribution in [0.1, 0.15) is 38.5 Å². The minimum absolute atomic E-state index is 0.214. The van der Waals surface area contributed by atoms with Gasteiger partial charge < -0.3 is 9.64 Å². The zero-order valence-electron chi connectivity index (χ0n) is 12.4. The molecule has 4 rings (SSSR count). The van der Waals surface area contributed by atoms with E-state index in [-0.39, 0.29) is 17.3 Å². The number of esters is 1. The maximum Gasteiger partial charge on any atom is 0.330 e. The molecule has 2 atom stereocenters. The molecule has 0 N–H and O–H groups in total. The largest absolute Gasteiger partial charge is 0.456 e. The summed E-state index contributed by atoms with van der Waals surface area (Å²) in [5, 5.41) is 0. The molecule has 110 valence electrons. The van der Waals surface area contributed by atoms with E-state index in [1.54, 1.807) is 4.90 Å². The lowest BCUT2D eigenvalue weighted by molar-refractivity contribution is -0.203. The fourth-order valence-electron chi connectivity index (χ4n) is 5.28. The Kier molecular flexibility index (Phi) is 2.96. The van der Waals surface area contributed by atoms with Crippen LogP contribution < -0.4 is 0 Å². The molecule has 4 aliphatic rings. The minimum atomic E-state index is -0.416. The lowest BCUT2D eigenvalue weighted by Gasteiger charge is -2.60. The van der Waals surface area contributed by atoms with Crippen molar-refractivity contribution < 1.29 is 14.3 Å². The van der Waals surface area contributed by atoms with Crippen molar-refractivity contribution in [3.63, 3.8) is 0 Å². The van der Waals surface area contributed by atoms with Gasteiger partial charge in [0.15, 0.2) is 0 Å². The van der Waals surface area contributed by atoms with Crippen LogP contribution in [-0.4, -0.2) is 36.5 Å². The monoisotopic (exact) mass is 277 g/mol. The van der Waals surface area contributed by atoms with Crippen molar-refractivity contribution >= 4 is 11.9 Å². The van der Waals surface area contributed by atoms with Gasteiger partial charge in [0.25, 0.3) is 0 Å². The predicted molar refractivity (Wildman–Crippen MR) is 74.8 cm³/mol. The third-order valence-corrected chi connectivity index (χ3v) is 5.35. The Morgan fingerprint density at radius 3 is 2.30 bits per heavy atom. The van der Waals surface area contributed by atoms with E-state index in [4.69, 9.17) is 4.74 Å². The molecular formula is C16H23NO3. The maximum atomic E-state index is 12.7. The molecule has 20 heavy (non-hydrogen) atoms. The Balaban J connectivity index is 1.91. The molecule has 4 nitrogen and oxygen atoms in total. The van der Waals surface area contributed by atoms with Gasteiger partial charge in [-0.05, 0) is 43.9 Å². The quantitative estimate of drug-likeness (QED) is 0.586. The normalized spacial score (nSPS) is 41.3. The van der Waals surface area contributed by atoms with Crippen molar-refractivity contribution in [1.29, 1.82) is 0 Å². The topological polar surface area (TPSA) is 46.6 Å². The molecule has 0 aromatic heterocycles. The standard InChI is InChI=1S/C16H23NO3/c1-4-13(18)20-16-8-11-5-12(9-16)7-15(6-11,10-16)14(19)17(2)3/h4,11-12H,1,5-10H2,2-3H3. The molecule has 0 saturated heterocycles. The molecular weight excluding hydrogens is 254 g/mol. The average Bonchev–Trinajstić information content (AvgIpc) is 2.35. The van der Waals surface area contributed by atoms with E-state index >= 15 is 0 Å². The zero-order valence-corrected chi connectivity index (χ0v) is 12.4. The first-order chi connectivity index (χ1) is 9.38. The van der Waals surface area contributed by atoms with Crippen LogP contribution in [0.4, 0.5) is 0 Å². The van der Waals surface area contributed by atoms with Crippen molar-refractivity contribution in [2.24, 2.45) is 17.3 Å². The van der Waals surface area contributed by atoms with Gasteiger partial charge in [0.05, 0.1) is 5.41 Å². The number of carbonyl (C=O) groups is 2. The summed E-state index contributed by atoms with van der Waals surface area (Å²) in [6.07, 6.45) is 6.90. The van der Waals surface area contributed by atoms with Crippen LogP contribution in [0.2, 0.25) is 0 Å². The van der Waals surface area contributed by atoms with Gasteiger partial charge in [-0.2, -0.15) is 0 Å². The van der Waals surface area contributed by atoms with Crippen molar-refractivity contribution in [2.45, 2.75) is 44.1 Å². The molecule has 0 spiro atoms. The number of rotatable bonds is 3. The number of hydrogen-bond donors (Lipinski definition) is 0. The molecule has 2 unspecified atom stereocenters. The van der Waals surface area contributed by atoms with E-state index in [1.807, 2.05) is 14.1 Å². The average molecular weight is 277 g/mol. The number of carbonyl (C=O) groups excluding carboxylic acids is 2. The van der Waals surface area contributed by atoms with E-state index in [9.17, 15) is 9.59 Å². The molecule has 1 amide bonds. The summed E-state index contributed by atoms with van der Waals surface area (Å²) < 4.78 is 5.73. The van der Waals surface area contributed by atoms with Crippen LogP contribution in [0.5, 0.6) is 0 Å². The summed E-state index contributed by atoms with van der Waals surface area (Å²) in [5.74, 6) is 0.917. The van der Waals surface area contributed by atoms with Crippen molar-refractivity contribution in [3.05, 3.63) is 12.7 Å². The second kappa shape index (κ2) is 4.34. The van der Waals surface area contributed by atoms with Crippen LogP contribution in [0, 0.1) is 17.3 Å². The second-order valence-corrected chi connectivity index (χ2v) is 7.25. The maximum absolute atomic E-state index is 12.7. The van der Waals surface area contributed by atoms with Crippen LogP contribution in [-0.2, 0) is 14.3 Å². The Bertz CT molecular complexity index is 454. The Labute approximate surface area is 120 Å². The first kappa shape index (κ1) is 13.7. The summed E-state index contributed by atoms with van der Waals surface area (Å²) >= 11 is 0. The fourth-order valence-corrected chi connectivity index (χ4v) is 5.28. The Morgan fingerprint density at radius 1 is 1.20 bits per heavy atom. The first-order valence-electron chi connectivity index (χ1n) is 7.45. The lowest BCUT2D eigenvalue weighted by atomic mass is 9.47. The highest BCUT2D eigenvalue weighted by molar-refractivity contribution is 5.84. The van der Waals surface area contributed by atoms with Gasteiger partial charge in [0.1, 0.15) is 5.60 Å². The van der Waals surface area contributed by atoms with Crippen molar-refractivity contribution in [2.75, 3.05) is 14.1 Å². The molecule has 0 aromatic carbocycles. The number of nitrogens with zero attached hydrogens (tertiary/aromatic N) is 1. The van der Waals surface area contributed by atoms with Gasteiger partial charge in [-0.15, -0.1) is 0 Å². The van der Waals surface area contributed by atoms with Crippen LogP contribution in [0.25, 0.3) is 0 Å². The van der Waals surface area contributed by atoms with Crippen molar-refractivity contribution in [1.82, 2.24) is 4.90 Å². The Hall–Kier alpha value is -1.32. The summed E-state index contributed by atoms with van der Waals surface area (Å²) in [6.45, 7) is 3.49. The van der Waals surface area contributed by atoms with E-state index in [0.29, 0.717) is 18.3 Å². The van der Waals surface area contributed by atoms with E-state index in [1.165, 1.54) is 12.5 Å². The van der Waals surface area contributed by atoms with Crippen LogP contribution >= 0.6 is 0 Å². The zero-order chi connectivity index (χ0) is 14.5. The predicted octanol–water partition coefficient (Wildman–Crippen LogP) is 2.14. The van der Waals surface area contributed by atoms with Gasteiger partial charge >= 0.3 is 5.97 Å². The summed E-state index contributed by atoms with van der Waals surface area (Å²) in [4.78, 5) is 26.0. The highest BCUT2D eigenvalue weighted by Crippen LogP contribution is 2.63. The van der Waals surface area contributed by atoms with Gasteiger partial charge in [-0.25, -0.2) is 4.79 Å². The third-order valence-electron chi connectivity index (χ3n) is 5.35. The minimum Gasteiger partial charge on any atom is -0.456 e. The molecule has 4 bridgehead atoms. The molecule has 4 aliphatic carbocycles. The SMILES string of the molecule is C=CC(=O)OC12CC3CC(C1)CC(C(=O)N(C)C)(C3)C2. The first-order valence-corrected chi connectivity index (χ1v) is 7.45. The number of amides is 1. The van der Waals surface area contributed by atoms with Gasteiger partial charge in [0, 0.05) is 26.6 Å². The summed E-state index contributed by atoms with van der Waals surface area (Å²) in [7, 11) is 3.65. The molecule has 4 fully saturated rings. The van der Waals surface area contributed by atoms with Gasteiger partial charge in [-0.3, -0.25) is 4.79 Å². The molecule has 0 aromatic rings. The van der Waals surface area contributed by atoms with E-state index < -0.39 is 5.60 Å². The highest BCUT2D eigenvalue weighted by atomic mass is 16.6. The highest BCUT2D eigenvalue weighted by Gasteiger charge is 2.62. The molecule has 0 radical (unpaired) electrons.